The highest BCUT2D eigenvalue weighted by Gasteiger charge is 1.99. The van der Waals surface area contributed by atoms with Crippen LogP contribution < -0.4 is 15.4 Å². The lowest BCUT2D eigenvalue weighted by Crippen LogP contribution is -2.38. The van der Waals surface area contributed by atoms with E-state index in [1.807, 2.05) is 38.1 Å². The van der Waals surface area contributed by atoms with E-state index in [1.54, 1.807) is 7.11 Å². The first-order valence-corrected chi connectivity index (χ1v) is 7.92. The number of ether oxygens (including phenoxy) is 2. The molecule has 0 radical (unpaired) electrons. The van der Waals surface area contributed by atoms with Crippen LogP contribution in [0.3, 0.4) is 0 Å². The Bertz CT molecular complexity index is 447. The molecule has 0 saturated carbocycles. The molecule has 124 valence electrons. The molecule has 0 heterocycles. The third kappa shape index (κ3) is 7.88. The second-order valence-electron chi connectivity index (χ2n) is 5.25. The number of nitrogens with one attached hydrogen (secondary N) is 2. The molecule has 0 aliphatic heterocycles. The average molecular weight is 307 g/mol. The molecule has 0 aliphatic rings. The zero-order valence-corrected chi connectivity index (χ0v) is 14.2. The number of hydrogen-bond acceptors (Lipinski definition) is 3. The summed E-state index contributed by atoms with van der Waals surface area (Å²) in [5.41, 5.74) is 1.12. The van der Waals surface area contributed by atoms with Gasteiger partial charge < -0.3 is 20.1 Å². The van der Waals surface area contributed by atoms with Crippen LogP contribution in [0.25, 0.3) is 0 Å². The standard InChI is InChI=1S/C17H29N3O2/c1-5-18-17(19-10-7-11-22-14(2)3)20-13-15-8-6-9-16(12-15)21-4/h6,8-9,12,14H,5,7,10-11,13H2,1-4H3,(H2,18,19,20). The Labute approximate surface area is 134 Å². The van der Waals surface area contributed by atoms with Gasteiger partial charge in [-0.2, -0.15) is 0 Å². The van der Waals surface area contributed by atoms with Crippen LogP contribution in [0.15, 0.2) is 29.3 Å². The first-order chi connectivity index (χ1) is 10.7. The molecular weight excluding hydrogens is 278 g/mol. The molecular formula is C17H29N3O2. The van der Waals surface area contributed by atoms with Gasteiger partial charge in [0.15, 0.2) is 5.96 Å². The SMILES string of the molecule is CCNC(=NCc1cccc(OC)c1)NCCCOC(C)C. The Morgan fingerprint density at radius 3 is 2.77 bits per heavy atom. The summed E-state index contributed by atoms with van der Waals surface area (Å²) in [6.07, 6.45) is 1.25. The zero-order chi connectivity index (χ0) is 16.2. The van der Waals surface area contributed by atoms with Crippen molar-refractivity contribution in [2.75, 3.05) is 26.8 Å². The zero-order valence-electron chi connectivity index (χ0n) is 14.2. The molecule has 0 unspecified atom stereocenters. The van der Waals surface area contributed by atoms with Gasteiger partial charge in [-0.1, -0.05) is 12.1 Å². The van der Waals surface area contributed by atoms with Crippen LogP contribution >= 0.6 is 0 Å². The van der Waals surface area contributed by atoms with E-state index in [4.69, 9.17) is 9.47 Å². The maximum atomic E-state index is 5.52. The minimum absolute atomic E-state index is 0.287. The molecule has 1 rings (SSSR count). The van der Waals surface area contributed by atoms with Gasteiger partial charge in [-0.25, -0.2) is 4.99 Å². The minimum atomic E-state index is 0.287. The summed E-state index contributed by atoms with van der Waals surface area (Å²) in [5, 5.41) is 6.57. The Balaban J connectivity index is 2.43. The largest absolute Gasteiger partial charge is 0.497 e. The Morgan fingerprint density at radius 1 is 1.27 bits per heavy atom. The van der Waals surface area contributed by atoms with E-state index in [1.165, 1.54) is 0 Å². The molecule has 22 heavy (non-hydrogen) atoms. The first-order valence-electron chi connectivity index (χ1n) is 7.92. The highest BCUT2D eigenvalue weighted by atomic mass is 16.5. The van der Waals surface area contributed by atoms with Crippen LogP contribution in [0.5, 0.6) is 5.75 Å². The molecule has 1 aromatic rings. The van der Waals surface area contributed by atoms with Gasteiger partial charge in [0.1, 0.15) is 5.75 Å². The Kier molecular flexibility index (Phi) is 9.07. The van der Waals surface area contributed by atoms with Crippen molar-refractivity contribution >= 4 is 5.96 Å². The average Bonchev–Trinajstić information content (AvgIpc) is 2.52. The fraction of sp³-hybridized carbons (Fsp3) is 0.588. The van der Waals surface area contributed by atoms with Crippen molar-refractivity contribution < 1.29 is 9.47 Å². The first kappa shape index (κ1) is 18.3. The van der Waals surface area contributed by atoms with Gasteiger partial charge >= 0.3 is 0 Å². The molecule has 0 amide bonds. The van der Waals surface area contributed by atoms with E-state index < -0.39 is 0 Å². The van der Waals surface area contributed by atoms with Crippen molar-refractivity contribution in [1.82, 2.24) is 10.6 Å². The fourth-order valence-corrected chi connectivity index (χ4v) is 1.88. The molecule has 1 aromatic carbocycles. The van der Waals surface area contributed by atoms with E-state index in [-0.39, 0.29) is 6.10 Å². The number of benzene rings is 1. The van der Waals surface area contributed by atoms with Crippen molar-refractivity contribution in [2.24, 2.45) is 4.99 Å². The Morgan fingerprint density at radius 2 is 2.09 bits per heavy atom. The molecule has 2 N–H and O–H groups in total. The van der Waals surface area contributed by atoms with Gasteiger partial charge in [0.2, 0.25) is 0 Å². The molecule has 0 aliphatic carbocycles. The second kappa shape index (κ2) is 10.9. The molecule has 0 aromatic heterocycles. The van der Waals surface area contributed by atoms with Crippen molar-refractivity contribution in [3.05, 3.63) is 29.8 Å². The summed E-state index contributed by atoms with van der Waals surface area (Å²) >= 11 is 0. The van der Waals surface area contributed by atoms with Crippen LogP contribution in [-0.4, -0.2) is 38.9 Å². The third-order valence-corrected chi connectivity index (χ3v) is 2.96. The second-order valence-corrected chi connectivity index (χ2v) is 5.25. The molecule has 0 spiro atoms. The summed E-state index contributed by atoms with van der Waals surface area (Å²) < 4.78 is 10.8. The number of aliphatic imine (C=N–C) groups is 1. The van der Waals surface area contributed by atoms with Crippen LogP contribution in [0.4, 0.5) is 0 Å². The van der Waals surface area contributed by atoms with Gasteiger partial charge in [-0.05, 0) is 44.9 Å². The maximum absolute atomic E-state index is 5.52. The fourth-order valence-electron chi connectivity index (χ4n) is 1.88. The molecule has 0 bridgehead atoms. The van der Waals surface area contributed by atoms with Crippen molar-refractivity contribution in [3.8, 4) is 5.75 Å². The van der Waals surface area contributed by atoms with Crippen molar-refractivity contribution in [3.63, 3.8) is 0 Å². The third-order valence-electron chi connectivity index (χ3n) is 2.96. The summed E-state index contributed by atoms with van der Waals surface area (Å²) in [6.45, 7) is 9.23. The quantitative estimate of drug-likeness (QED) is 0.418. The summed E-state index contributed by atoms with van der Waals surface area (Å²) in [6, 6.07) is 7.97. The number of methoxy groups -OCH3 is 1. The summed E-state index contributed by atoms with van der Waals surface area (Å²) in [7, 11) is 1.67. The molecule has 5 nitrogen and oxygen atoms in total. The number of rotatable bonds is 9. The normalized spacial score (nSPS) is 11.6. The van der Waals surface area contributed by atoms with Crippen molar-refractivity contribution in [2.45, 2.75) is 39.8 Å². The molecule has 0 fully saturated rings. The lowest BCUT2D eigenvalue weighted by molar-refractivity contribution is 0.0776. The van der Waals surface area contributed by atoms with Crippen LogP contribution in [-0.2, 0) is 11.3 Å². The predicted molar refractivity (Wildman–Crippen MR) is 91.5 cm³/mol. The molecule has 0 atom stereocenters. The van der Waals surface area contributed by atoms with E-state index in [0.29, 0.717) is 6.54 Å². The number of guanidine groups is 1. The summed E-state index contributed by atoms with van der Waals surface area (Å²) in [5.74, 6) is 1.69. The van der Waals surface area contributed by atoms with Gasteiger partial charge in [-0.15, -0.1) is 0 Å². The monoisotopic (exact) mass is 307 g/mol. The lowest BCUT2D eigenvalue weighted by atomic mass is 10.2. The van der Waals surface area contributed by atoms with E-state index in [0.717, 1.165) is 43.4 Å². The van der Waals surface area contributed by atoms with E-state index in [9.17, 15) is 0 Å². The topological polar surface area (TPSA) is 54.9 Å². The molecule has 5 heteroatoms. The summed E-state index contributed by atoms with van der Waals surface area (Å²) in [4.78, 5) is 4.59. The van der Waals surface area contributed by atoms with Crippen LogP contribution in [0.1, 0.15) is 32.8 Å². The van der Waals surface area contributed by atoms with Gasteiger partial charge in [-0.3, -0.25) is 0 Å². The highest BCUT2D eigenvalue weighted by molar-refractivity contribution is 5.79. The van der Waals surface area contributed by atoms with Gasteiger partial charge in [0, 0.05) is 19.7 Å². The minimum Gasteiger partial charge on any atom is -0.497 e. The lowest BCUT2D eigenvalue weighted by Gasteiger charge is -2.12. The van der Waals surface area contributed by atoms with Crippen LogP contribution in [0.2, 0.25) is 0 Å². The van der Waals surface area contributed by atoms with E-state index in [2.05, 4.69) is 22.5 Å². The van der Waals surface area contributed by atoms with Gasteiger partial charge in [0.05, 0.1) is 19.8 Å². The van der Waals surface area contributed by atoms with Gasteiger partial charge in [0.25, 0.3) is 0 Å². The highest BCUT2D eigenvalue weighted by Crippen LogP contribution is 2.13. The van der Waals surface area contributed by atoms with E-state index >= 15 is 0 Å². The number of hydrogen-bond donors (Lipinski definition) is 2. The maximum Gasteiger partial charge on any atom is 0.191 e. The predicted octanol–water partition coefficient (Wildman–Crippen LogP) is 2.57. The Hall–Kier alpha value is -1.75. The molecule has 0 saturated heterocycles. The van der Waals surface area contributed by atoms with Crippen LogP contribution in [0, 0.1) is 0 Å². The number of nitrogens with zero attached hydrogens (tertiary/aromatic N) is 1. The smallest absolute Gasteiger partial charge is 0.191 e. The van der Waals surface area contributed by atoms with Crippen molar-refractivity contribution in [1.29, 1.82) is 0 Å².